The van der Waals surface area contributed by atoms with Crippen LogP contribution in [0.25, 0.3) is 10.9 Å². The van der Waals surface area contributed by atoms with Crippen molar-refractivity contribution in [3.05, 3.63) is 50.8 Å². The molecule has 0 spiro atoms. The molecule has 0 radical (unpaired) electrons. The quantitative estimate of drug-likeness (QED) is 0.732. The number of benzene rings is 1. The topological polar surface area (TPSA) is 29.9 Å². The smallest absolute Gasteiger partial charge is 0.0722 e. The molecule has 0 amide bonds. The van der Waals surface area contributed by atoms with E-state index >= 15 is 0 Å². The third-order valence-corrected chi connectivity index (χ3v) is 5.42. The van der Waals surface area contributed by atoms with E-state index in [1.165, 1.54) is 15.8 Å². The SMILES string of the molecule is CCNC(Cc1nn(C)c2ccccc12)c1cc(Br)cs1. The molecule has 0 bridgehead atoms. The normalized spacial score (nSPS) is 12.9. The molecule has 3 rings (SSSR count). The van der Waals surface area contributed by atoms with Crippen LogP contribution in [0.1, 0.15) is 23.5 Å². The molecular weight excluding hydrogens is 346 g/mol. The maximum atomic E-state index is 4.71. The number of para-hydroxylation sites is 1. The van der Waals surface area contributed by atoms with Gasteiger partial charge in [-0.25, -0.2) is 0 Å². The van der Waals surface area contributed by atoms with E-state index in [1.807, 2.05) is 11.7 Å². The molecule has 3 nitrogen and oxygen atoms in total. The van der Waals surface area contributed by atoms with Gasteiger partial charge >= 0.3 is 0 Å². The summed E-state index contributed by atoms with van der Waals surface area (Å²) in [6, 6.07) is 10.9. The van der Waals surface area contributed by atoms with E-state index in [2.05, 4.69) is 63.9 Å². The van der Waals surface area contributed by atoms with Gasteiger partial charge in [0.2, 0.25) is 0 Å². The highest BCUT2D eigenvalue weighted by Crippen LogP contribution is 2.29. The lowest BCUT2D eigenvalue weighted by Crippen LogP contribution is -2.22. The highest BCUT2D eigenvalue weighted by Gasteiger charge is 2.17. The summed E-state index contributed by atoms with van der Waals surface area (Å²) in [6.45, 7) is 3.09. The Morgan fingerprint density at radius 3 is 2.90 bits per heavy atom. The summed E-state index contributed by atoms with van der Waals surface area (Å²) < 4.78 is 3.12. The maximum absolute atomic E-state index is 4.71. The van der Waals surface area contributed by atoms with Gasteiger partial charge < -0.3 is 5.32 Å². The van der Waals surface area contributed by atoms with Gasteiger partial charge in [-0.15, -0.1) is 11.3 Å². The Hall–Kier alpha value is -1.17. The molecule has 0 aliphatic carbocycles. The van der Waals surface area contributed by atoms with Gasteiger partial charge in [-0.3, -0.25) is 4.68 Å². The van der Waals surface area contributed by atoms with Crippen LogP contribution in [0.5, 0.6) is 0 Å². The highest BCUT2D eigenvalue weighted by molar-refractivity contribution is 9.10. The average molecular weight is 364 g/mol. The number of hydrogen-bond donors (Lipinski definition) is 1. The molecule has 5 heteroatoms. The monoisotopic (exact) mass is 363 g/mol. The molecule has 1 N–H and O–H groups in total. The highest BCUT2D eigenvalue weighted by atomic mass is 79.9. The third kappa shape index (κ3) is 3.05. The van der Waals surface area contributed by atoms with Gasteiger partial charge in [-0.1, -0.05) is 25.1 Å². The molecular formula is C16H18BrN3S. The second-order valence-corrected chi connectivity index (χ2v) is 6.93. The second-order valence-electron chi connectivity index (χ2n) is 5.07. The van der Waals surface area contributed by atoms with Gasteiger partial charge in [-0.2, -0.15) is 5.10 Å². The number of aryl methyl sites for hydroxylation is 1. The minimum absolute atomic E-state index is 0.310. The van der Waals surface area contributed by atoms with Crippen LogP contribution in [0.2, 0.25) is 0 Å². The van der Waals surface area contributed by atoms with Crippen LogP contribution in [0, 0.1) is 0 Å². The molecule has 0 aliphatic heterocycles. The standard InChI is InChI=1S/C16H18BrN3S/c1-3-18-14(16-8-11(17)10-21-16)9-13-12-6-4-5-7-15(12)20(2)19-13/h4-8,10,14,18H,3,9H2,1-2H3. The molecule has 0 saturated heterocycles. The first kappa shape index (κ1) is 14.8. The lowest BCUT2D eigenvalue weighted by Gasteiger charge is -2.15. The van der Waals surface area contributed by atoms with E-state index in [0.717, 1.165) is 23.1 Å². The van der Waals surface area contributed by atoms with Crippen molar-refractivity contribution < 1.29 is 0 Å². The first-order chi connectivity index (χ1) is 10.2. The van der Waals surface area contributed by atoms with Gasteiger partial charge in [-0.05, 0) is 34.6 Å². The van der Waals surface area contributed by atoms with Crippen molar-refractivity contribution in [2.75, 3.05) is 6.54 Å². The number of thiophene rings is 1. The Kier molecular flexibility index (Phi) is 4.42. The van der Waals surface area contributed by atoms with Crippen LogP contribution in [-0.2, 0) is 13.5 Å². The van der Waals surface area contributed by atoms with Crippen molar-refractivity contribution >= 4 is 38.2 Å². The number of nitrogens with one attached hydrogen (secondary N) is 1. The van der Waals surface area contributed by atoms with Crippen LogP contribution < -0.4 is 5.32 Å². The molecule has 1 aromatic carbocycles. The molecule has 3 aromatic rings. The van der Waals surface area contributed by atoms with Crippen molar-refractivity contribution in [3.63, 3.8) is 0 Å². The van der Waals surface area contributed by atoms with Crippen LogP contribution in [-0.4, -0.2) is 16.3 Å². The first-order valence-electron chi connectivity index (χ1n) is 7.07. The molecule has 0 saturated carbocycles. The average Bonchev–Trinajstić information content (AvgIpc) is 3.04. The number of rotatable bonds is 5. The minimum atomic E-state index is 0.310. The van der Waals surface area contributed by atoms with Crippen molar-refractivity contribution in [1.82, 2.24) is 15.1 Å². The predicted octanol–water partition coefficient (Wildman–Crippen LogP) is 4.29. The second kappa shape index (κ2) is 6.30. The molecule has 2 aromatic heterocycles. The van der Waals surface area contributed by atoms with Gasteiger partial charge in [0.15, 0.2) is 0 Å². The number of aromatic nitrogens is 2. The van der Waals surface area contributed by atoms with E-state index in [9.17, 15) is 0 Å². The Morgan fingerprint density at radius 1 is 1.38 bits per heavy atom. The Balaban J connectivity index is 1.94. The van der Waals surface area contributed by atoms with E-state index < -0.39 is 0 Å². The molecule has 0 aliphatic rings. The lowest BCUT2D eigenvalue weighted by atomic mass is 10.1. The Labute approximate surface area is 137 Å². The summed E-state index contributed by atoms with van der Waals surface area (Å²) >= 11 is 5.33. The maximum Gasteiger partial charge on any atom is 0.0722 e. The first-order valence-corrected chi connectivity index (χ1v) is 8.74. The Bertz CT molecular complexity index is 747. The van der Waals surface area contributed by atoms with Gasteiger partial charge in [0.1, 0.15) is 0 Å². The zero-order chi connectivity index (χ0) is 14.8. The molecule has 1 atom stereocenters. The zero-order valence-corrected chi connectivity index (χ0v) is 14.5. The summed E-state index contributed by atoms with van der Waals surface area (Å²) in [6.07, 6.45) is 0.905. The molecule has 0 fully saturated rings. The molecule has 2 heterocycles. The van der Waals surface area contributed by atoms with Gasteiger partial charge in [0, 0.05) is 39.6 Å². The van der Waals surface area contributed by atoms with Crippen molar-refractivity contribution in [3.8, 4) is 0 Å². The largest absolute Gasteiger partial charge is 0.309 e. The van der Waals surface area contributed by atoms with Crippen LogP contribution >= 0.6 is 27.3 Å². The van der Waals surface area contributed by atoms with Crippen molar-refractivity contribution in [2.45, 2.75) is 19.4 Å². The number of fused-ring (bicyclic) bond motifs is 1. The van der Waals surface area contributed by atoms with E-state index in [0.29, 0.717) is 6.04 Å². The number of likely N-dealkylation sites (N-methyl/N-ethyl adjacent to an activating group) is 1. The van der Waals surface area contributed by atoms with Crippen LogP contribution in [0.3, 0.4) is 0 Å². The van der Waals surface area contributed by atoms with Crippen molar-refractivity contribution in [1.29, 1.82) is 0 Å². The fraction of sp³-hybridized carbons (Fsp3) is 0.312. The number of halogens is 1. The van der Waals surface area contributed by atoms with E-state index in [1.54, 1.807) is 11.3 Å². The Morgan fingerprint density at radius 2 is 2.19 bits per heavy atom. The van der Waals surface area contributed by atoms with E-state index in [4.69, 9.17) is 5.10 Å². The third-order valence-electron chi connectivity index (χ3n) is 3.61. The predicted molar refractivity (Wildman–Crippen MR) is 92.9 cm³/mol. The minimum Gasteiger partial charge on any atom is -0.309 e. The van der Waals surface area contributed by atoms with Gasteiger partial charge in [0.25, 0.3) is 0 Å². The van der Waals surface area contributed by atoms with Crippen molar-refractivity contribution in [2.24, 2.45) is 7.05 Å². The summed E-state index contributed by atoms with van der Waals surface area (Å²) in [5, 5.41) is 11.7. The lowest BCUT2D eigenvalue weighted by molar-refractivity contribution is 0.549. The molecule has 110 valence electrons. The summed E-state index contributed by atoms with van der Waals surface area (Å²) in [4.78, 5) is 1.35. The van der Waals surface area contributed by atoms with E-state index in [-0.39, 0.29) is 0 Å². The zero-order valence-electron chi connectivity index (χ0n) is 12.1. The summed E-state index contributed by atoms with van der Waals surface area (Å²) in [5.74, 6) is 0. The fourth-order valence-electron chi connectivity index (χ4n) is 2.66. The van der Waals surface area contributed by atoms with Crippen LogP contribution in [0.15, 0.2) is 40.2 Å². The summed E-state index contributed by atoms with van der Waals surface area (Å²) in [5.41, 5.74) is 2.35. The fourth-order valence-corrected chi connectivity index (χ4v) is 4.18. The molecule has 1 unspecified atom stereocenters. The van der Waals surface area contributed by atoms with Crippen LogP contribution in [0.4, 0.5) is 0 Å². The number of nitrogens with zero attached hydrogens (tertiary/aromatic N) is 2. The summed E-state index contributed by atoms with van der Waals surface area (Å²) in [7, 11) is 2.01. The van der Waals surface area contributed by atoms with Gasteiger partial charge in [0.05, 0.1) is 11.2 Å². The number of hydrogen-bond acceptors (Lipinski definition) is 3. The molecule has 21 heavy (non-hydrogen) atoms.